The summed E-state index contributed by atoms with van der Waals surface area (Å²) >= 11 is 0. The second kappa shape index (κ2) is 7.08. The van der Waals surface area contributed by atoms with Crippen molar-refractivity contribution in [1.82, 2.24) is 9.97 Å². The van der Waals surface area contributed by atoms with E-state index in [1.165, 1.54) is 5.56 Å². The first-order valence-electron chi connectivity index (χ1n) is 9.47. The Hall–Kier alpha value is -3.21. The molecule has 2 aromatic carbocycles. The molecular weight excluding hydrogens is 348 g/mol. The molecule has 5 nitrogen and oxygen atoms in total. The molecule has 28 heavy (non-hydrogen) atoms. The molecule has 5 heteroatoms. The van der Waals surface area contributed by atoms with Crippen molar-refractivity contribution in [1.29, 1.82) is 0 Å². The predicted molar refractivity (Wildman–Crippen MR) is 113 cm³/mol. The van der Waals surface area contributed by atoms with Gasteiger partial charge in [0.05, 0.1) is 17.0 Å². The van der Waals surface area contributed by atoms with E-state index in [-0.39, 0.29) is 17.6 Å². The number of nitrogens with two attached hydrogens (primary N) is 1. The smallest absolute Gasteiger partial charge is 0.220 e. The summed E-state index contributed by atoms with van der Waals surface area (Å²) in [4.78, 5) is 23.5. The molecule has 142 valence electrons. The summed E-state index contributed by atoms with van der Waals surface area (Å²) < 4.78 is 0. The maximum Gasteiger partial charge on any atom is 0.220 e. The molecule has 1 atom stereocenters. The number of anilines is 2. The second-order valence-electron chi connectivity index (χ2n) is 7.55. The standard InChI is InChI=1S/C23H24N4O/c1-14-22-20(26-23(24)25-14)12-16(13-21(22)28)19-10-5-4-9-18(19)15-7-6-8-17(11-15)27(2)3/h4-11,16H,12-13H2,1-3H3,(H2,24,25,26). The normalized spacial score (nSPS) is 16.0. The lowest BCUT2D eigenvalue weighted by atomic mass is 9.78. The van der Waals surface area contributed by atoms with Gasteiger partial charge in [-0.25, -0.2) is 9.97 Å². The zero-order chi connectivity index (χ0) is 19.8. The third-order valence-electron chi connectivity index (χ3n) is 5.41. The van der Waals surface area contributed by atoms with Crippen molar-refractivity contribution in [3.8, 4) is 11.1 Å². The van der Waals surface area contributed by atoms with Crippen LogP contribution in [0.5, 0.6) is 0 Å². The molecule has 0 amide bonds. The van der Waals surface area contributed by atoms with Crippen LogP contribution in [0, 0.1) is 6.92 Å². The van der Waals surface area contributed by atoms with E-state index in [1.54, 1.807) is 0 Å². The summed E-state index contributed by atoms with van der Waals surface area (Å²) in [6.07, 6.45) is 1.16. The molecule has 4 rings (SSSR count). The van der Waals surface area contributed by atoms with Crippen molar-refractivity contribution in [3.05, 3.63) is 71.0 Å². The van der Waals surface area contributed by atoms with Crippen molar-refractivity contribution in [2.24, 2.45) is 0 Å². The number of carbonyl (C=O) groups is 1. The van der Waals surface area contributed by atoms with Crippen molar-refractivity contribution in [2.75, 3.05) is 24.7 Å². The molecule has 0 aliphatic heterocycles. The maximum absolute atomic E-state index is 12.9. The minimum absolute atomic E-state index is 0.0768. The number of ketones is 1. The summed E-state index contributed by atoms with van der Waals surface area (Å²) in [6, 6.07) is 16.8. The van der Waals surface area contributed by atoms with E-state index in [4.69, 9.17) is 5.73 Å². The van der Waals surface area contributed by atoms with Gasteiger partial charge in [-0.05, 0) is 48.1 Å². The Balaban J connectivity index is 1.77. The molecule has 1 unspecified atom stereocenters. The van der Waals surface area contributed by atoms with E-state index >= 15 is 0 Å². The summed E-state index contributed by atoms with van der Waals surface area (Å²) in [5.41, 5.74) is 12.6. The van der Waals surface area contributed by atoms with Crippen LogP contribution in [0.4, 0.5) is 11.6 Å². The summed E-state index contributed by atoms with van der Waals surface area (Å²) in [7, 11) is 4.07. The highest BCUT2D eigenvalue weighted by Gasteiger charge is 2.30. The van der Waals surface area contributed by atoms with Crippen LogP contribution in [0.1, 0.15) is 39.6 Å². The fourth-order valence-corrected chi connectivity index (χ4v) is 4.08. The van der Waals surface area contributed by atoms with E-state index in [0.29, 0.717) is 24.1 Å². The lowest BCUT2D eigenvalue weighted by molar-refractivity contribution is 0.0962. The average molecular weight is 372 g/mol. The van der Waals surface area contributed by atoms with Crippen LogP contribution in [-0.2, 0) is 6.42 Å². The van der Waals surface area contributed by atoms with Gasteiger partial charge in [-0.3, -0.25) is 4.79 Å². The molecule has 1 heterocycles. The molecule has 0 saturated carbocycles. The Bertz CT molecular complexity index is 1060. The molecule has 1 aliphatic rings. The number of rotatable bonds is 3. The number of benzene rings is 2. The minimum atomic E-state index is 0.0768. The first-order chi connectivity index (χ1) is 13.4. The van der Waals surface area contributed by atoms with Gasteiger partial charge in [0.25, 0.3) is 0 Å². The zero-order valence-electron chi connectivity index (χ0n) is 16.4. The van der Waals surface area contributed by atoms with E-state index in [0.717, 1.165) is 22.5 Å². The van der Waals surface area contributed by atoms with Gasteiger partial charge in [-0.2, -0.15) is 0 Å². The number of hydrogen-bond donors (Lipinski definition) is 1. The van der Waals surface area contributed by atoms with Crippen LogP contribution < -0.4 is 10.6 Å². The quantitative estimate of drug-likeness (QED) is 0.752. The second-order valence-corrected chi connectivity index (χ2v) is 7.55. The van der Waals surface area contributed by atoms with E-state index < -0.39 is 0 Å². The van der Waals surface area contributed by atoms with Gasteiger partial charge in [0.1, 0.15) is 0 Å². The van der Waals surface area contributed by atoms with Crippen molar-refractivity contribution < 1.29 is 4.79 Å². The van der Waals surface area contributed by atoms with Gasteiger partial charge in [-0.15, -0.1) is 0 Å². The topological polar surface area (TPSA) is 72.1 Å². The fourth-order valence-electron chi connectivity index (χ4n) is 4.08. The highest BCUT2D eigenvalue weighted by atomic mass is 16.1. The number of aromatic nitrogens is 2. The van der Waals surface area contributed by atoms with Gasteiger partial charge >= 0.3 is 0 Å². The molecule has 0 radical (unpaired) electrons. The molecule has 1 aromatic heterocycles. The predicted octanol–water partition coefficient (Wildman–Crippen LogP) is 4.01. The summed E-state index contributed by atoms with van der Waals surface area (Å²) in [5, 5.41) is 0. The number of carbonyl (C=O) groups excluding carboxylic acids is 1. The first kappa shape index (κ1) is 18.2. The van der Waals surface area contributed by atoms with E-state index in [9.17, 15) is 4.79 Å². The lowest BCUT2D eigenvalue weighted by Crippen LogP contribution is -2.23. The number of fused-ring (bicyclic) bond motifs is 1. The first-order valence-corrected chi connectivity index (χ1v) is 9.47. The monoisotopic (exact) mass is 372 g/mol. The van der Waals surface area contributed by atoms with Crippen LogP contribution >= 0.6 is 0 Å². The Morgan fingerprint density at radius 1 is 1.04 bits per heavy atom. The number of nitrogen functional groups attached to an aromatic ring is 1. The zero-order valence-corrected chi connectivity index (χ0v) is 16.4. The molecule has 2 N–H and O–H groups in total. The van der Waals surface area contributed by atoms with E-state index in [2.05, 4.69) is 51.3 Å². The molecule has 0 fully saturated rings. The van der Waals surface area contributed by atoms with Gasteiger partial charge in [0.2, 0.25) is 5.95 Å². The van der Waals surface area contributed by atoms with Crippen LogP contribution in [0.2, 0.25) is 0 Å². The summed E-state index contributed by atoms with van der Waals surface area (Å²) in [5.74, 6) is 0.408. The number of Topliss-reactive ketones (excluding diaryl/α,β-unsaturated/α-hetero) is 1. The summed E-state index contributed by atoms with van der Waals surface area (Å²) in [6.45, 7) is 1.83. The van der Waals surface area contributed by atoms with Crippen molar-refractivity contribution in [2.45, 2.75) is 25.7 Å². The average Bonchev–Trinajstić information content (AvgIpc) is 2.67. The molecule has 0 spiro atoms. The van der Waals surface area contributed by atoms with Crippen molar-refractivity contribution in [3.63, 3.8) is 0 Å². The van der Waals surface area contributed by atoms with Gasteiger partial charge in [0, 0.05) is 26.2 Å². The largest absolute Gasteiger partial charge is 0.378 e. The van der Waals surface area contributed by atoms with Crippen LogP contribution in [0.3, 0.4) is 0 Å². The van der Waals surface area contributed by atoms with Gasteiger partial charge in [-0.1, -0.05) is 36.4 Å². The highest BCUT2D eigenvalue weighted by Crippen LogP contribution is 2.38. The molecular formula is C23H24N4O. The maximum atomic E-state index is 12.9. The SMILES string of the molecule is Cc1nc(N)nc2c1C(=O)CC(c1ccccc1-c1cccc(N(C)C)c1)C2. The van der Waals surface area contributed by atoms with E-state index in [1.807, 2.05) is 33.2 Å². The molecule has 0 bridgehead atoms. The van der Waals surface area contributed by atoms with Crippen LogP contribution in [0.15, 0.2) is 48.5 Å². The Morgan fingerprint density at radius 2 is 1.82 bits per heavy atom. The number of nitrogens with zero attached hydrogens (tertiary/aromatic N) is 3. The molecule has 0 saturated heterocycles. The molecule has 1 aliphatic carbocycles. The number of aryl methyl sites for hydroxylation is 1. The third-order valence-corrected chi connectivity index (χ3v) is 5.41. The third kappa shape index (κ3) is 3.24. The number of hydrogen-bond acceptors (Lipinski definition) is 5. The Morgan fingerprint density at radius 3 is 2.61 bits per heavy atom. The van der Waals surface area contributed by atoms with Crippen molar-refractivity contribution >= 4 is 17.4 Å². The fraction of sp³-hybridized carbons (Fsp3) is 0.261. The molecule has 3 aromatic rings. The van der Waals surface area contributed by atoms with Crippen LogP contribution in [0.25, 0.3) is 11.1 Å². The van der Waals surface area contributed by atoms with Crippen LogP contribution in [-0.4, -0.2) is 29.8 Å². The minimum Gasteiger partial charge on any atom is -0.378 e. The highest BCUT2D eigenvalue weighted by molar-refractivity contribution is 6.00. The van der Waals surface area contributed by atoms with Gasteiger partial charge < -0.3 is 10.6 Å². The van der Waals surface area contributed by atoms with Gasteiger partial charge in [0.15, 0.2) is 5.78 Å². The Kier molecular flexibility index (Phi) is 4.59. The lowest BCUT2D eigenvalue weighted by Gasteiger charge is -2.26. The Labute approximate surface area is 165 Å².